The quantitative estimate of drug-likeness (QED) is 0.530. The topological polar surface area (TPSA) is 55.4 Å². The van der Waals surface area contributed by atoms with E-state index in [4.69, 9.17) is 4.74 Å². The van der Waals surface area contributed by atoms with Crippen molar-refractivity contribution in [1.82, 2.24) is 5.32 Å². The number of rotatable bonds is 5. The van der Waals surface area contributed by atoms with Gasteiger partial charge in [-0.2, -0.15) is 0 Å². The number of Topliss-reactive ketones (excluding diaryl/α,β-unsaturated/α-hetero) is 1. The van der Waals surface area contributed by atoms with Gasteiger partial charge in [0.1, 0.15) is 12.4 Å². The summed E-state index contributed by atoms with van der Waals surface area (Å²) in [5.41, 5.74) is 3.77. The van der Waals surface area contributed by atoms with Crippen molar-refractivity contribution in [2.24, 2.45) is 0 Å². The van der Waals surface area contributed by atoms with Crippen molar-refractivity contribution in [2.45, 2.75) is 33.3 Å². The van der Waals surface area contributed by atoms with Gasteiger partial charge in [0, 0.05) is 27.6 Å². The zero-order valence-electron chi connectivity index (χ0n) is 17.5. The molecule has 0 amide bonds. The lowest BCUT2D eigenvalue weighted by Crippen LogP contribution is -2.31. The lowest BCUT2D eigenvalue weighted by atomic mass is 9.79. The van der Waals surface area contributed by atoms with Crippen molar-refractivity contribution in [3.63, 3.8) is 0 Å². The number of halogens is 1. The molecule has 1 N–H and O–H groups in total. The fourth-order valence-corrected chi connectivity index (χ4v) is 5.06. The van der Waals surface area contributed by atoms with Gasteiger partial charge in [0.05, 0.1) is 5.57 Å². The van der Waals surface area contributed by atoms with Crippen LogP contribution in [0, 0.1) is 5.82 Å². The van der Waals surface area contributed by atoms with Crippen LogP contribution in [0.3, 0.4) is 0 Å². The summed E-state index contributed by atoms with van der Waals surface area (Å²) in [4.78, 5) is 25.9. The molecule has 1 unspecified atom stereocenters. The van der Waals surface area contributed by atoms with Crippen molar-refractivity contribution >= 4 is 33.2 Å². The van der Waals surface area contributed by atoms with Crippen molar-refractivity contribution in [3.05, 3.63) is 93.4 Å². The highest BCUT2D eigenvalue weighted by Gasteiger charge is 2.37. The number of thiophene rings is 1. The minimum atomic E-state index is -0.627. The van der Waals surface area contributed by atoms with Crippen LogP contribution in [0.15, 0.2) is 76.5 Å². The van der Waals surface area contributed by atoms with E-state index in [2.05, 4.69) is 5.32 Å². The van der Waals surface area contributed by atoms with E-state index in [1.54, 1.807) is 13.0 Å². The summed E-state index contributed by atoms with van der Waals surface area (Å²) in [5.74, 6) is -1.63. The number of ketones is 1. The molecule has 0 aliphatic carbocycles. The maximum absolute atomic E-state index is 14.0. The van der Waals surface area contributed by atoms with Gasteiger partial charge in [-0.15, -0.1) is 11.3 Å². The maximum Gasteiger partial charge on any atom is 0.337 e. The molecule has 1 aromatic heterocycles. The van der Waals surface area contributed by atoms with Crippen molar-refractivity contribution in [3.8, 4) is 0 Å². The summed E-state index contributed by atoms with van der Waals surface area (Å²) < 4.78 is 20.6. The molecule has 3 aromatic rings. The third-order valence-electron chi connectivity index (χ3n) is 5.45. The Balaban J connectivity index is 1.79. The molecular formula is C25H22FNO3S. The monoisotopic (exact) mass is 435 g/mol. The molecule has 0 saturated carbocycles. The molecule has 31 heavy (non-hydrogen) atoms. The molecule has 1 atom stereocenters. The van der Waals surface area contributed by atoms with Crippen molar-refractivity contribution in [2.75, 3.05) is 0 Å². The van der Waals surface area contributed by atoms with Gasteiger partial charge in [-0.05, 0) is 60.9 Å². The molecule has 0 bridgehead atoms. The number of hydrogen-bond acceptors (Lipinski definition) is 5. The lowest BCUT2D eigenvalue weighted by Gasteiger charge is -2.30. The first-order valence-corrected chi connectivity index (χ1v) is 10.8. The van der Waals surface area contributed by atoms with Gasteiger partial charge in [0.2, 0.25) is 0 Å². The first-order chi connectivity index (χ1) is 14.9. The van der Waals surface area contributed by atoms with Gasteiger partial charge in [0.15, 0.2) is 5.78 Å². The first-order valence-electron chi connectivity index (χ1n) is 9.94. The minimum absolute atomic E-state index is 0.125. The molecule has 4 nitrogen and oxygen atoms in total. The highest BCUT2D eigenvalue weighted by Crippen LogP contribution is 2.43. The van der Waals surface area contributed by atoms with E-state index in [0.717, 1.165) is 15.8 Å². The van der Waals surface area contributed by atoms with E-state index >= 15 is 0 Å². The Hall–Kier alpha value is -3.25. The highest BCUT2D eigenvalue weighted by molar-refractivity contribution is 7.17. The molecule has 0 saturated heterocycles. The van der Waals surface area contributed by atoms with Gasteiger partial charge in [-0.25, -0.2) is 9.18 Å². The van der Waals surface area contributed by atoms with Crippen LogP contribution in [0.5, 0.6) is 0 Å². The second-order valence-electron chi connectivity index (χ2n) is 7.58. The van der Waals surface area contributed by atoms with E-state index < -0.39 is 11.9 Å². The Morgan fingerprint density at radius 2 is 1.77 bits per heavy atom. The molecular weight excluding hydrogens is 413 g/mol. The average Bonchev–Trinajstić information content (AvgIpc) is 3.14. The molecule has 2 heterocycles. The normalized spacial score (nSPS) is 16.5. The van der Waals surface area contributed by atoms with Crippen LogP contribution in [-0.2, 0) is 20.9 Å². The van der Waals surface area contributed by atoms with E-state index in [1.165, 1.54) is 30.4 Å². The summed E-state index contributed by atoms with van der Waals surface area (Å²) in [5, 5.41) is 5.75. The van der Waals surface area contributed by atoms with Crippen molar-refractivity contribution in [1.29, 1.82) is 0 Å². The minimum Gasteiger partial charge on any atom is -0.457 e. The van der Waals surface area contributed by atoms with E-state index in [0.29, 0.717) is 27.9 Å². The van der Waals surface area contributed by atoms with Gasteiger partial charge >= 0.3 is 5.97 Å². The van der Waals surface area contributed by atoms with E-state index in [9.17, 15) is 14.0 Å². The third kappa shape index (κ3) is 4.03. The first kappa shape index (κ1) is 21.0. The Bertz CT molecular complexity index is 1240. The number of esters is 1. The third-order valence-corrected chi connectivity index (χ3v) is 6.43. The summed E-state index contributed by atoms with van der Waals surface area (Å²) in [6.45, 7) is 5.21. The lowest BCUT2D eigenvalue weighted by molar-refractivity contribution is -0.140. The highest BCUT2D eigenvalue weighted by atomic mass is 32.1. The van der Waals surface area contributed by atoms with E-state index in [-0.39, 0.29) is 18.2 Å². The smallest absolute Gasteiger partial charge is 0.337 e. The Labute approximate surface area is 184 Å². The molecule has 158 valence electrons. The van der Waals surface area contributed by atoms with Gasteiger partial charge in [-0.3, -0.25) is 4.79 Å². The Morgan fingerprint density at radius 3 is 2.48 bits per heavy atom. The number of carbonyl (C=O) groups is 2. The number of fused-ring (bicyclic) bond motifs is 1. The zero-order chi connectivity index (χ0) is 22.1. The largest absolute Gasteiger partial charge is 0.457 e. The number of allylic oxidation sites excluding steroid dienone is 3. The number of nitrogens with one attached hydrogen (secondary N) is 1. The standard InChI is InChI=1S/C25H22FNO3S/c1-14-22(16(3)28)24(20-13-31-21-10-9-18(26)11-19(20)21)23(15(2)27-14)25(29)30-12-17-7-5-4-6-8-17/h4-11,13,24,27H,12H2,1-3H3. The predicted octanol–water partition coefficient (Wildman–Crippen LogP) is 5.61. The second-order valence-corrected chi connectivity index (χ2v) is 8.50. The maximum atomic E-state index is 14.0. The number of dihydropyridines is 1. The predicted molar refractivity (Wildman–Crippen MR) is 120 cm³/mol. The molecule has 1 aliphatic rings. The van der Waals surface area contributed by atoms with Gasteiger partial charge < -0.3 is 10.1 Å². The molecule has 6 heteroatoms. The Morgan fingerprint density at radius 1 is 1.06 bits per heavy atom. The number of hydrogen-bond donors (Lipinski definition) is 1. The van der Waals surface area contributed by atoms with Crippen LogP contribution < -0.4 is 5.32 Å². The SMILES string of the molecule is CC(=O)C1=C(C)NC(C)=C(C(=O)OCc2ccccc2)C1c1csc2ccc(F)cc12. The van der Waals surface area contributed by atoms with Crippen LogP contribution in [0.2, 0.25) is 0 Å². The average molecular weight is 436 g/mol. The number of benzene rings is 2. The summed E-state index contributed by atoms with van der Waals surface area (Å²) in [6.07, 6.45) is 0. The molecule has 1 aliphatic heterocycles. The van der Waals surface area contributed by atoms with Gasteiger partial charge in [-0.1, -0.05) is 30.3 Å². The summed E-state index contributed by atoms with van der Waals surface area (Å²) in [6, 6.07) is 14.0. The molecule has 0 radical (unpaired) electrons. The zero-order valence-corrected chi connectivity index (χ0v) is 18.3. The summed E-state index contributed by atoms with van der Waals surface area (Å²) >= 11 is 1.46. The number of ether oxygens (including phenoxy) is 1. The second kappa shape index (κ2) is 8.47. The molecule has 0 spiro atoms. The van der Waals surface area contributed by atoms with Crippen LogP contribution >= 0.6 is 11.3 Å². The molecule has 2 aromatic carbocycles. The van der Waals surface area contributed by atoms with Crippen LogP contribution in [0.4, 0.5) is 4.39 Å². The van der Waals surface area contributed by atoms with Gasteiger partial charge in [0.25, 0.3) is 0 Å². The summed E-state index contributed by atoms with van der Waals surface area (Å²) in [7, 11) is 0. The Kier molecular flexibility index (Phi) is 5.74. The van der Waals surface area contributed by atoms with Crippen LogP contribution in [0.1, 0.15) is 37.8 Å². The van der Waals surface area contributed by atoms with Crippen LogP contribution in [0.25, 0.3) is 10.1 Å². The van der Waals surface area contributed by atoms with E-state index in [1.807, 2.05) is 42.6 Å². The molecule has 4 rings (SSSR count). The fraction of sp³-hybridized carbons (Fsp3) is 0.200. The number of carbonyl (C=O) groups excluding carboxylic acids is 2. The van der Waals surface area contributed by atoms with Crippen molar-refractivity contribution < 1.29 is 18.7 Å². The fourth-order valence-electron chi connectivity index (χ4n) is 4.09. The molecule has 0 fully saturated rings. The van der Waals surface area contributed by atoms with Crippen LogP contribution in [-0.4, -0.2) is 11.8 Å².